The number of carbonyl (C=O) groups excluding carboxylic acids is 2. The third kappa shape index (κ3) is 1.78. The van der Waals surface area contributed by atoms with E-state index in [1.54, 1.807) is 0 Å². The van der Waals surface area contributed by atoms with Crippen LogP contribution in [0.2, 0.25) is 0 Å². The zero-order chi connectivity index (χ0) is 19.7. The zero-order valence-corrected chi connectivity index (χ0v) is 15.6. The number of rotatable bonds is 3. The van der Waals surface area contributed by atoms with Gasteiger partial charge in [0.25, 0.3) is 5.78 Å². The second-order valence-corrected chi connectivity index (χ2v) is 8.08. The van der Waals surface area contributed by atoms with Gasteiger partial charge < -0.3 is 10.3 Å². The van der Waals surface area contributed by atoms with Crippen molar-refractivity contribution in [3.05, 3.63) is 76.3 Å². The van der Waals surface area contributed by atoms with Crippen molar-refractivity contribution in [1.82, 2.24) is 4.90 Å². The lowest BCUT2D eigenvalue weighted by atomic mass is 9.47. The van der Waals surface area contributed by atoms with Crippen LogP contribution < -0.4 is 0 Å². The predicted octanol–water partition coefficient (Wildman–Crippen LogP) is 2.68. The maximum Gasteiger partial charge on any atom is 0.411 e. The van der Waals surface area contributed by atoms with Gasteiger partial charge in [0.15, 0.2) is 0 Å². The van der Waals surface area contributed by atoms with E-state index in [0.717, 1.165) is 28.5 Å². The summed E-state index contributed by atoms with van der Waals surface area (Å²) >= 11 is 0. The molecule has 1 fully saturated rings. The fourth-order valence-corrected chi connectivity index (χ4v) is 5.69. The number of Topliss-reactive ketones (excluding diaryl/α,β-unsaturated/α-hetero) is 1. The van der Waals surface area contributed by atoms with Crippen LogP contribution in [-0.2, 0) is 20.4 Å². The Morgan fingerprint density at radius 2 is 1.57 bits per heavy atom. The van der Waals surface area contributed by atoms with Gasteiger partial charge in [-0.2, -0.15) is 4.79 Å². The summed E-state index contributed by atoms with van der Waals surface area (Å²) in [6, 6.07) is 16.2. The largest absolute Gasteiger partial charge is 0.443 e. The average molecular weight is 373 g/mol. The van der Waals surface area contributed by atoms with Crippen LogP contribution in [0.25, 0.3) is 5.53 Å². The Balaban J connectivity index is 1.78. The van der Waals surface area contributed by atoms with Gasteiger partial charge in [0, 0.05) is 5.41 Å². The Morgan fingerprint density at radius 1 is 1.07 bits per heavy atom. The second kappa shape index (κ2) is 5.40. The zero-order valence-electron chi connectivity index (χ0n) is 15.6. The number of benzene rings is 2. The number of ether oxygens (including phenoxy) is 1. The highest BCUT2D eigenvalue weighted by molar-refractivity contribution is 6.26. The van der Waals surface area contributed by atoms with E-state index < -0.39 is 28.8 Å². The van der Waals surface area contributed by atoms with Gasteiger partial charge in [0.05, 0.1) is 18.0 Å². The van der Waals surface area contributed by atoms with Crippen LogP contribution in [0.15, 0.2) is 48.5 Å². The molecule has 6 nitrogen and oxygen atoms in total. The Labute approximate surface area is 162 Å². The van der Waals surface area contributed by atoms with Crippen molar-refractivity contribution < 1.29 is 19.1 Å². The molecule has 4 aliphatic rings. The number of carbonyl (C=O) groups is 2. The van der Waals surface area contributed by atoms with Crippen LogP contribution >= 0.6 is 0 Å². The lowest BCUT2D eigenvalue weighted by molar-refractivity contribution is -0.117. The topological polar surface area (TPSA) is 83.0 Å². The highest BCUT2D eigenvalue weighted by atomic mass is 16.6. The monoisotopic (exact) mass is 373 g/mol. The maximum absolute atomic E-state index is 12.8. The van der Waals surface area contributed by atoms with E-state index in [1.165, 1.54) is 4.90 Å². The van der Waals surface area contributed by atoms with E-state index in [4.69, 9.17) is 10.3 Å². The Kier molecular flexibility index (Phi) is 3.26. The second-order valence-electron chi connectivity index (χ2n) is 8.08. The predicted molar refractivity (Wildman–Crippen MR) is 101 cm³/mol. The molecule has 1 aliphatic heterocycles. The molecule has 0 saturated carbocycles. The van der Waals surface area contributed by atoms with Crippen molar-refractivity contribution in [1.29, 1.82) is 0 Å². The molecule has 1 heterocycles. The van der Waals surface area contributed by atoms with E-state index >= 15 is 0 Å². The summed E-state index contributed by atoms with van der Waals surface area (Å²) in [6.07, 6.45) is -0.0883. The highest BCUT2D eigenvalue weighted by Gasteiger charge is 2.68. The van der Waals surface area contributed by atoms with Gasteiger partial charge in [-0.05, 0) is 36.1 Å². The van der Waals surface area contributed by atoms with E-state index in [9.17, 15) is 9.59 Å². The van der Waals surface area contributed by atoms with Gasteiger partial charge in [0.1, 0.15) is 6.10 Å². The molecule has 140 valence electrons. The summed E-state index contributed by atoms with van der Waals surface area (Å²) in [5, 5.41) is 0. The first-order valence-electron chi connectivity index (χ1n) is 9.31. The molecular formula is C22H19N3O3. The fourth-order valence-electron chi connectivity index (χ4n) is 5.69. The first kappa shape index (κ1) is 16.9. The minimum Gasteiger partial charge on any atom is -0.443 e. The first-order valence-corrected chi connectivity index (χ1v) is 9.31. The van der Waals surface area contributed by atoms with Crippen LogP contribution in [0.3, 0.4) is 0 Å². The molecule has 0 radical (unpaired) electrons. The molecule has 1 saturated heterocycles. The maximum atomic E-state index is 12.8. The van der Waals surface area contributed by atoms with Gasteiger partial charge >= 0.3 is 12.3 Å². The molecule has 3 aliphatic carbocycles. The lowest BCUT2D eigenvalue weighted by Gasteiger charge is -2.58. The van der Waals surface area contributed by atoms with Crippen molar-refractivity contribution >= 4 is 18.1 Å². The summed E-state index contributed by atoms with van der Waals surface area (Å²) in [7, 11) is 0. The lowest BCUT2D eigenvalue weighted by Crippen LogP contribution is -2.66. The van der Waals surface area contributed by atoms with Crippen molar-refractivity contribution in [3.8, 4) is 0 Å². The standard InChI is InChI=1S/C22H19N3O3/c1-21-14-7-3-5-9-16(14)22(2,17-10-6-4-8-15(17)21)19-18(21)25(20(27)28-19)12-13(26)11-24-23/h3-11,18-19H,12H2,1-2H3/t18-,19+,21?,22?/m0/s1. The smallest absolute Gasteiger partial charge is 0.411 e. The van der Waals surface area contributed by atoms with Crippen LogP contribution in [0.1, 0.15) is 36.1 Å². The summed E-state index contributed by atoms with van der Waals surface area (Å²) in [5.74, 6) is -0.447. The first-order chi connectivity index (χ1) is 13.4. The van der Waals surface area contributed by atoms with Crippen LogP contribution in [0.5, 0.6) is 0 Å². The third-order valence-electron chi connectivity index (χ3n) is 6.87. The molecule has 2 bridgehead atoms. The van der Waals surface area contributed by atoms with Gasteiger partial charge in [-0.15, -0.1) is 0 Å². The van der Waals surface area contributed by atoms with Gasteiger partial charge in [-0.1, -0.05) is 48.5 Å². The summed E-state index contributed by atoms with van der Waals surface area (Å²) < 4.78 is 5.90. The molecule has 1 amide bonds. The van der Waals surface area contributed by atoms with Crippen LogP contribution in [0, 0.1) is 0 Å². The number of amides is 1. The van der Waals surface area contributed by atoms with Crippen molar-refractivity contribution in [2.24, 2.45) is 0 Å². The average Bonchev–Trinajstić information content (AvgIpc) is 3.03. The molecule has 0 unspecified atom stereocenters. The number of ketones is 1. The molecular weight excluding hydrogens is 354 g/mol. The van der Waals surface area contributed by atoms with E-state index in [2.05, 4.69) is 42.9 Å². The molecule has 2 atom stereocenters. The minimum absolute atomic E-state index is 0.180. The molecule has 28 heavy (non-hydrogen) atoms. The van der Waals surface area contributed by atoms with Crippen molar-refractivity contribution in [2.75, 3.05) is 6.54 Å². The number of nitrogens with zero attached hydrogens (tertiary/aromatic N) is 3. The summed E-state index contributed by atoms with van der Waals surface area (Å²) in [5.41, 5.74) is 12.3. The SMILES string of the molecule is CC12c3ccccc3C(C)(c3ccccc31)[C@@H]1[C@H]2OC(=O)N1CC(=O)C=[N+]=[N-]. The number of hydrogen-bond donors (Lipinski definition) is 0. The molecule has 0 spiro atoms. The normalized spacial score (nSPS) is 31.4. The van der Waals surface area contributed by atoms with E-state index in [1.807, 2.05) is 24.3 Å². The summed E-state index contributed by atoms with van der Waals surface area (Å²) in [4.78, 5) is 29.3. The van der Waals surface area contributed by atoms with Crippen LogP contribution in [-0.4, -0.2) is 46.5 Å². The van der Waals surface area contributed by atoms with Gasteiger partial charge in [-0.3, -0.25) is 9.69 Å². The Hall–Kier alpha value is -3.24. The van der Waals surface area contributed by atoms with Crippen molar-refractivity contribution in [3.63, 3.8) is 0 Å². The van der Waals surface area contributed by atoms with Crippen molar-refractivity contribution in [2.45, 2.75) is 36.8 Å². The quantitative estimate of drug-likeness (QED) is 0.471. The number of hydrogen-bond acceptors (Lipinski definition) is 3. The summed E-state index contributed by atoms with van der Waals surface area (Å²) in [6.45, 7) is 4.07. The van der Waals surface area contributed by atoms with Crippen LogP contribution in [0.4, 0.5) is 4.79 Å². The Morgan fingerprint density at radius 3 is 2.07 bits per heavy atom. The molecule has 6 rings (SSSR count). The van der Waals surface area contributed by atoms with E-state index in [0.29, 0.717) is 0 Å². The Bertz CT molecular complexity index is 1040. The molecule has 2 aromatic rings. The molecule has 0 N–H and O–H groups in total. The molecule has 2 aromatic carbocycles. The highest BCUT2D eigenvalue weighted by Crippen LogP contribution is 2.62. The van der Waals surface area contributed by atoms with E-state index in [-0.39, 0.29) is 12.6 Å². The molecule has 0 aromatic heterocycles. The van der Waals surface area contributed by atoms with Gasteiger partial charge in [0.2, 0.25) is 0 Å². The molecule has 6 heteroatoms. The van der Waals surface area contributed by atoms with Gasteiger partial charge in [-0.25, -0.2) is 4.79 Å². The minimum atomic E-state index is -0.515. The third-order valence-corrected chi connectivity index (χ3v) is 6.87. The fraction of sp³-hybridized carbons (Fsp3) is 0.318.